The van der Waals surface area contributed by atoms with E-state index in [4.69, 9.17) is 4.74 Å². The van der Waals surface area contributed by atoms with Crippen LogP contribution in [0.4, 0.5) is 0 Å². The Morgan fingerprint density at radius 2 is 1.54 bits per heavy atom. The van der Waals surface area contributed by atoms with Crippen molar-refractivity contribution < 1.29 is 9.53 Å². The zero-order valence-corrected chi connectivity index (χ0v) is 21.8. The van der Waals surface area contributed by atoms with Crippen LogP contribution in [0.5, 0.6) is 5.75 Å². The third-order valence-electron chi connectivity index (χ3n) is 7.08. The lowest BCUT2D eigenvalue weighted by Crippen LogP contribution is -2.48. The van der Waals surface area contributed by atoms with Crippen LogP contribution in [-0.4, -0.2) is 41.9 Å². The Balaban J connectivity index is 0.00000342. The van der Waals surface area contributed by atoms with E-state index in [-0.39, 0.29) is 24.4 Å². The molecule has 1 amide bonds. The van der Waals surface area contributed by atoms with Crippen molar-refractivity contribution >= 4 is 18.3 Å². The van der Waals surface area contributed by atoms with Crippen molar-refractivity contribution in [3.8, 4) is 5.75 Å². The molecule has 1 heterocycles. The van der Waals surface area contributed by atoms with Gasteiger partial charge in [-0.15, -0.1) is 12.4 Å². The second-order valence-corrected chi connectivity index (χ2v) is 9.39. The summed E-state index contributed by atoms with van der Waals surface area (Å²) < 4.78 is 5.27. The van der Waals surface area contributed by atoms with Gasteiger partial charge in [0.25, 0.3) is 0 Å². The first-order valence-electron chi connectivity index (χ1n) is 12.3. The average Bonchev–Trinajstić information content (AvgIpc) is 2.89. The van der Waals surface area contributed by atoms with E-state index in [1.54, 1.807) is 7.11 Å². The lowest BCUT2D eigenvalue weighted by molar-refractivity contribution is -0.134. The maximum absolute atomic E-state index is 13.6. The number of hydrogen-bond acceptors (Lipinski definition) is 3. The van der Waals surface area contributed by atoms with Crippen LogP contribution in [0.25, 0.3) is 0 Å². The van der Waals surface area contributed by atoms with Crippen molar-refractivity contribution in [3.63, 3.8) is 0 Å². The zero-order valence-electron chi connectivity index (χ0n) is 21.0. The van der Waals surface area contributed by atoms with Crippen LogP contribution in [0.3, 0.4) is 0 Å². The van der Waals surface area contributed by atoms with Crippen LogP contribution in [0.15, 0.2) is 78.9 Å². The summed E-state index contributed by atoms with van der Waals surface area (Å²) in [5, 5.41) is 0. The lowest BCUT2D eigenvalue weighted by Gasteiger charge is -2.41. The van der Waals surface area contributed by atoms with Gasteiger partial charge in [-0.05, 0) is 55.5 Å². The van der Waals surface area contributed by atoms with Gasteiger partial charge in [-0.2, -0.15) is 0 Å². The third kappa shape index (κ3) is 7.09. The minimum Gasteiger partial charge on any atom is -0.497 e. The highest BCUT2D eigenvalue weighted by atomic mass is 35.5. The number of piperidine rings is 1. The van der Waals surface area contributed by atoms with Crippen LogP contribution in [0.2, 0.25) is 0 Å². The fourth-order valence-corrected chi connectivity index (χ4v) is 4.86. The smallest absolute Gasteiger partial charge is 0.227 e. The summed E-state index contributed by atoms with van der Waals surface area (Å²) in [5.41, 5.74) is 4.81. The molecule has 3 aromatic rings. The summed E-state index contributed by atoms with van der Waals surface area (Å²) in [6.07, 6.45) is 2.41. The monoisotopic (exact) mass is 492 g/mol. The molecule has 3 aromatic carbocycles. The summed E-state index contributed by atoms with van der Waals surface area (Å²) in [7, 11) is 1.66. The molecule has 0 bridgehead atoms. The van der Waals surface area contributed by atoms with Crippen LogP contribution in [-0.2, 0) is 17.8 Å². The molecular weight excluding hydrogens is 456 g/mol. The molecule has 1 unspecified atom stereocenters. The zero-order chi connectivity index (χ0) is 23.9. The molecule has 5 heteroatoms. The van der Waals surface area contributed by atoms with E-state index in [9.17, 15) is 4.79 Å². The van der Waals surface area contributed by atoms with Gasteiger partial charge in [0.05, 0.1) is 13.5 Å². The maximum atomic E-state index is 13.6. The van der Waals surface area contributed by atoms with Gasteiger partial charge in [0, 0.05) is 31.7 Å². The van der Waals surface area contributed by atoms with Gasteiger partial charge in [0.15, 0.2) is 0 Å². The molecule has 1 atom stereocenters. The molecule has 1 fully saturated rings. The predicted octanol–water partition coefficient (Wildman–Crippen LogP) is 6.22. The van der Waals surface area contributed by atoms with E-state index in [1.165, 1.54) is 16.7 Å². The molecule has 35 heavy (non-hydrogen) atoms. The summed E-state index contributed by atoms with van der Waals surface area (Å²) >= 11 is 0. The molecule has 0 spiro atoms. The molecule has 0 aromatic heterocycles. The highest BCUT2D eigenvalue weighted by Crippen LogP contribution is 2.27. The van der Waals surface area contributed by atoms with Crippen LogP contribution in [0, 0.1) is 6.92 Å². The number of benzene rings is 3. The fourth-order valence-electron chi connectivity index (χ4n) is 4.86. The Labute approximate surface area is 216 Å². The van der Waals surface area contributed by atoms with Crippen molar-refractivity contribution in [1.82, 2.24) is 9.80 Å². The number of carbonyl (C=O) groups excluding carboxylic acids is 1. The highest BCUT2D eigenvalue weighted by Gasteiger charge is 2.30. The quantitative estimate of drug-likeness (QED) is 0.374. The number of halogens is 1. The number of carbonyl (C=O) groups is 1. The van der Waals surface area contributed by atoms with E-state index in [0.717, 1.165) is 37.2 Å². The van der Waals surface area contributed by atoms with Crippen molar-refractivity contribution in [3.05, 3.63) is 101 Å². The van der Waals surface area contributed by atoms with Gasteiger partial charge in [-0.1, -0.05) is 72.3 Å². The topological polar surface area (TPSA) is 32.8 Å². The second-order valence-electron chi connectivity index (χ2n) is 9.39. The number of aryl methyl sites for hydroxylation is 1. The molecule has 1 aliphatic heterocycles. The highest BCUT2D eigenvalue weighted by molar-refractivity contribution is 5.85. The minimum absolute atomic E-state index is 0. The van der Waals surface area contributed by atoms with Crippen molar-refractivity contribution in [2.75, 3.05) is 20.2 Å². The van der Waals surface area contributed by atoms with Crippen LogP contribution >= 0.6 is 12.4 Å². The first kappa shape index (κ1) is 26.8. The third-order valence-corrected chi connectivity index (χ3v) is 7.08. The maximum Gasteiger partial charge on any atom is 0.227 e. The van der Waals surface area contributed by atoms with Crippen molar-refractivity contribution in [2.45, 2.75) is 51.7 Å². The molecule has 186 valence electrons. The van der Waals surface area contributed by atoms with Gasteiger partial charge >= 0.3 is 0 Å². The number of rotatable bonds is 8. The van der Waals surface area contributed by atoms with Gasteiger partial charge in [-0.25, -0.2) is 0 Å². The number of nitrogens with zero attached hydrogens (tertiary/aromatic N) is 2. The van der Waals surface area contributed by atoms with E-state index >= 15 is 0 Å². The Morgan fingerprint density at radius 1 is 0.943 bits per heavy atom. The van der Waals surface area contributed by atoms with Gasteiger partial charge in [-0.3, -0.25) is 9.69 Å². The average molecular weight is 493 g/mol. The van der Waals surface area contributed by atoms with E-state index in [1.807, 2.05) is 24.3 Å². The number of likely N-dealkylation sites (tertiary alicyclic amines) is 1. The summed E-state index contributed by atoms with van der Waals surface area (Å²) in [6.45, 7) is 7.05. The second kappa shape index (κ2) is 12.8. The molecule has 0 radical (unpaired) electrons. The number of methoxy groups -OCH3 is 1. The first-order chi connectivity index (χ1) is 16.5. The number of hydrogen-bond donors (Lipinski definition) is 0. The summed E-state index contributed by atoms with van der Waals surface area (Å²) in [6, 6.07) is 27.7. The molecular formula is C30H37ClN2O2. The Bertz CT molecular complexity index is 1050. The molecule has 4 rings (SSSR count). The van der Waals surface area contributed by atoms with E-state index < -0.39 is 0 Å². The first-order valence-corrected chi connectivity index (χ1v) is 12.3. The van der Waals surface area contributed by atoms with E-state index in [0.29, 0.717) is 19.0 Å². The standard InChI is InChI=1S/C30H36N2O2.ClH/c1-23-9-11-26(12-10-23)22-32(30(33)21-25-13-15-29(34-3)16-14-25)28-17-19-31(20-18-28)24(2)27-7-5-4-6-8-27;/h4-16,24,28H,17-22H2,1-3H3;1H. The predicted molar refractivity (Wildman–Crippen MR) is 145 cm³/mol. The molecule has 4 nitrogen and oxygen atoms in total. The van der Waals surface area contributed by atoms with Crippen LogP contribution < -0.4 is 4.74 Å². The Morgan fingerprint density at radius 3 is 2.14 bits per heavy atom. The van der Waals surface area contributed by atoms with E-state index in [2.05, 4.69) is 78.2 Å². The molecule has 0 saturated carbocycles. The SMILES string of the molecule is COc1ccc(CC(=O)N(Cc2ccc(C)cc2)C2CCN(C(C)c3ccccc3)CC2)cc1.Cl. The van der Waals surface area contributed by atoms with Crippen molar-refractivity contribution in [2.24, 2.45) is 0 Å². The number of amides is 1. The molecule has 0 N–H and O–H groups in total. The van der Waals surface area contributed by atoms with Gasteiger partial charge < -0.3 is 9.64 Å². The summed E-state index contributed by atoms with van der Waals surface area (Å²) in [5.74, 6) is 1.01. The summed E-state index contributed by atoms with van der Waals surface area (Å²) in [4.78, 5) is 18.2. The fraction of sp³-hybridized carbons (Fsp3) is 0.367. The Kier molecular flexibility index (Phi) is 9.76. The van der Waals surface area contributed by atoms with Gasteiger partial charge in [0.2, 0.25) is 5.91 Å². The van der Waals surface area contributed by atoms with Gasteiger partial charge in [0.1, 0.15) is 5.75 Å². The van der Waals surface area contributed by atoms with Crippen molar-refractivity contribution in [1.29, 1.82) is 0 Å². The minimum atomic E-state index is 0. The Hall–Kier alpha value is -2.82. The normalized spacial score (nSPS) is 15.2. The lowest BCUT2D eigenvalue weighted by atomic mass is 9.97. The molecule has 1 saturated heterocycles. The number of ether oxygens (including phenoxy) is 1. The van der Waals surface area contributed by atoms with Crippen LogP contribution in [0.1, 0.15) is 48.1 Å². The molecule has 1 aliphatic rings. The molecule has 0 aliphatic carbocycles. The largest absolute Gasteiger partial charge is 0.497 e.